The Hall–Kier alpha value is -0.300. The third-order valence-corrected chi connectivity index (χ3v) is 12.2. The van der Waals surface area contributed by atoms with E-state index in [-0.39, 0.29) is 6.10 Å². The van der Waals surface area contributed by atoms with Crippen LogP contribution in [-0.2, 0) is 0 Å². The van der Waals surface area contributed by atoms with Crippen LogP contribution in [0, 0.1) is 51.8 Å². The lowest BCUT2D eigenvalue weighted by atomic mass is 9.47. The smallest absolute Gasteiger partial charge is 0.0577 e. The Labute approximate surface area is 193 Å². The van der Waals surface area contributed by atoms with E-state index in [1.54, 1.807) is 5.57 Å². The summed E-state index contributed by atoms with van der Waals surface area (Å²) >= 11 is 0. The van der Waals surface area contributed by atoms with Crippen LogP contribution >= 0.6 is 0 Å². The Morgan fingerprint density at radius 3 is 2.48 bits per heavy atom. The maximum atomic E-state index is 10.3. The molecule has 4 rings (SSSR count). The van der Waals surface area contributed by atoms with Crippen LogP contribution in [0.3, 0.4) is 0 Å². The molecule has 0 unspecified atom stereocenters. The van der Waals surface area contributed by atoms with E-state index in [4.69, 9.17) is 0 Å². The van der Waals surface area contributed by atoms with Crippen LogP contribution < -0.4 is 0 Å². The van der Waals surface area contributed by atoms with Gasteiger partial charge < -0.3 is 5.11 Å². The van der Waals surface area contributed by atoms with Crippen molar-refractivity contribution in [2.75, 3.05) is 0 Å². The van der Waals surface area contributed by atoms with Gasteiger partial charge in [0.05, 0.1) is 6.10 Å². The van der Waals surface area contributed by atoms with Crippen molar-refractivity contribution in [3.8, 4) is 0 Å². The van der Waals surface area contributed by atoms with Crippen LogP contribution in [-0.4, -0.2) is 11.2 Å². The van der Waals surface area contributed by atoms with Crippen LogP contribution in [0.5, 0.6) is 0 Å². The topological polar surface area (TPSA) is 20.2 Å². The van der Waals surface area contributed by atoms with Crippen LogP contribution in [0.4, 0.5) is 0 Å². The molecule has 0 radical (unpaired) electrons. The molecule has 0 saturated heterocycles. The number of rotatable bonds is 6. The zero-order valence-corrected chi connectivity index (χ0v) is 21.8. The van der Waals surface area contributed by atoms with Gasteiger partial charge in [0, 0.05) is 0 Å². The average molecular weight is 429 g/mol. The van der Waals surface area contributed by atoms with Crippen LogP contribution in [0.1, 0.15) is 119 Å². The molecule has 1 heteroatoms. The SMILES string of the molecule is CC[C@@](C)(CC[C@@H](C)[C@H]1CC[C@H]2[C@@H]3CC=C4C[C@@H](O)CC[C@]4(C)[C@H]3CC[C@]12C)C(C)C. The summed E-state index contributed by atoms with van der Waals surface area (Å²) in [6, 6.07) is 0. The highest BCUT2D eigenvalue weighted by Crippen LogP contribution is 2.67. The standard InChI is InChI=1S/C30H52O/c1-8-28(5,20(2)3)16-13-21(4)25-11-12-26-24-10-9-22-19-23(31)14-17-29(22,6)27(24)15-18-30(25,26)7/h9,20-21,23-27,31H,8,10-19H2,1-7H3/t21-,23+,24+,25-,26+,27+,28+,29+,30-/m1/s1. The summed E-state index contributed by atoms with van der Waals surface area (Å²) in [4.78, 5) is 0. The first-order valence-electron chi connectivity index (χ1n) is 13.9. The van der Waals surface area contributed by atoms with E-state index in [0.29, 0.717) is 16.2 Å². The fraction of sp³-hybridized carbons (Fsp3) is 0.933. The van der Waals surface area contributed by atoms with E-state index in [1.807, 2.05) is 0 Å². The average Bonchev–Trinajstić information content (AvgIpc) is 3.09. The fourth-order valence-electron chi connectivity index (χ4n) is 9.25. The maximum Gasteiger partial charge on any atom is 0.0577 e. The Bertz CT molecular complexity index is 678. The molecule has 3 fully saturated rings. The number of allylic oxidation sites excluding steroid dienone is 1. The number of aliphatic hydroxyl groups excluding tert-OH is 1. The highest BCUT2D eigenvalue weighted by atomic mass is 16.3. The van der Waals surface area contributed by atoms with E-state index in [2.05, 4.69) is 54.5 Å². The third-order valence-electron chi connectivity index (χ3n) is 12.2. The van der Waals surface area contributed by atoms with Gasteiger partial charge in [-0.05, 0) is 116 Å². The summed E-state index contributed by atoms with van der Waals surface area (Å²) in [6.07, 6.45) is 17.0. The number of hydrogen-bond donors (Lipinski definition) is 1. The second-order valence-electron chi connectivity index (χ2n) is 13.6. The highest BCUT2D eigenvalue weighted by molar-refractivity contribution is 5.25. The molecule has 1 nitrogen and oxygen atoms in total. The van der Waals surface area contributed by atoms with Crippen molar-refractivity contribution >= 4 is 0 Å². The Morgan fingerprint density at radius 1 is 1.06 bits per heavy atom. The van der Waals surface area contributed by atoms with Crippen molar-refractivity contribution in [1.29, 1.82) is 0 Å². The van der Waals surface area contributed by atoms with Gasteiger partial charge in [-0.1, -0.05) is 66.5 Å². The summed E-state index contributed by atoms with van der Waals surface area (Å²) in [6.45, 7) is 17.7. The van der Waals surface area contributed by atoms with Gasteiger partial charge in [0.1, 0.15) is 0 Å². The van der Waals surface area contributed by atoms with E-state index in [0.717, 1.165) is 48.3 Å². The van der Waals surface area contributed by atoms with Crippen LogP contribution in [0.15, 0.2) is 11.6 Å². The monoisotopic (exact) mass is 428 g/mol. The zero-order chi connectivity index (χ0) is 22.6. The fourth-order valence-corrected chi connectivity index (χ4v) is 9.25. The summed E-state index contributed by atoms with van der Waals surface area (Å²) in [5.74, 6) is 5.28. The second-order valence-corrected chi connectivity index (χ2v) is 13.6. The summed E-state index contributed by atoms with van der Waals surface area (Å²) in [7, 11) is 0. The molecule has 0 aromatic rings. The van der Waals surface area contributed by atoms with E-state index in [1.165, 1.54) is 57.8 Å². The van der Waals surface area contributed by atoms with Crippen LogP contribution in [0.2, 0.25) is 0 Å². The van der Waals surface area contributed by atoms with Crippen molar-refractivity contribution in [3.63, 3.8) is 0 Å². The Kier molecular flexibility index (Phi) is 6.53. The Morgan fingerprint density at radius 2 is 1.81 bits per heavy atom. The van der Waals surface area contributed by atoms with Gasteiger partial charge in [-0.3, -0.25) is 0 Å². The normalized spacial score (nSPS) is 45.3. The summed E-state index contributed by atoms with van der Waals surface area (Å²) in [5.41, 5.74) is 3.08. The van der Waals surface area contributed by atoms with Gasteiger partial charge in [0.2, 0.25) is 0 Å². The highest BCUT2D eigenvalue weighted by Gasteiger charge is 2.59. The second kappa shape index (κ2) is 8.48. The Balaban J connectivity index is 1.48. The molecule has 0 bridgehead atoms. The first-order valence-corrected chi connectivity index (χ1v) is 13.9. The van der Waals surface area contributed by atoms with Crippen LogP contribution in [0.25, 0.3) is 0 Å². The molecule has 0 aliphatic heterocycles. The third kappa shape index (κ3) is 3.87. The maximum absolute atomic E-state index is 10.3. The zero-order valence-electron chi connectivity index (χ0n) is 21.8. The largest absolute Gasteiger partial charge is 0.393 e. The van der Waals surface area contributed by atoms with Crippen molar-refractivity contribution < 1.29 is 5.11 Å². The first-order chi connectivity index (χ1) is 14.5. The molecule has 3 saturated carbocycles. The molecular weight excluding hydrogens is 376 g/mol. The first kappa shape index (κ1) is 23.8. The van der Waals surface area contributed by atoms with Crippen molar-refractivity contribution in [3.05, 3.63) is 11.6 Å². The quantitative estimate of drug-likeness (QED) is 0.421. The van der Waals surface area contributed by atoms with Crippen molar-refractivity contribution in [1.82, 2.24) is 0 Å². The molecule has 31 heavy (non-hydrogen) atoms. The lowest BCUT2D eigenvalue weighted by Crippen LogP contribution is -2.50. The van der Waals surface area contributed by atoms with Gasteiger partial charge in [-0.15, -0.1) is 0 Å². The predicted molar refractivity (Wildman–Crippen MR) is 133 cm³/mol. The minimum absolute atomic E-state index is 0.0823. The summed E-state index contributed by atoms with van der Waals surface area (Å²) in [5, 5.41) is 10.3. The molecule has 0 aromatic heterocycles. The van der Waals surface area contributed by atoms with Gasteiger partial charge in [-0.2, -0.15) is 0 Å². The number of fused-ring (bicyclic) bond motifs is 5. The molecule has 4 aliphatic rings. The molecular formula is C30H52O. The molecule has 0 aromatic carbocycles. The summed E-state index contributed by atoms with van der Waals surface area (Å²) < 4.78 is 0. The number of hydrogen-bond acceptors (Lipinski definition) is 1. The number of aliphatic hydroxyl groups is 1. The molecule has 4 aliphatic carbocycles. The minimum atomic E-state index is -0.0823. The van der Waals surface area contributed by atoms with Crippen molar-refractivity contribution in [2.45, 2.75) is 125 Å². The molecule has 178 valence electrons. The van der Waals surface area contributed by atoms with E-state index in [9.17, 15) is 5.11 Å². The van der Waals surface area contributed by atoms with Gasteiger partial charge in [-0.25, -0.2) is 0 Å². The van der Waals surface area contributed by atoms with E-state index >= 15 is 0 Å². The van der Waals surface area contributed by atoms with Gasteiger partial charge in [0.25, 0.3) is 0 Å². The van der Waals surface area contributed by atoms with Crippen molar-refractivity contribution in [2.24, 2.45) is 51.8 Å². The molecule has 0 spiro atoms. The molecule has 0 amide bonds. The lowest BCUT2D eigenvalue weighted by Gasteiger charge is -2.58. The lowest BCUT2D eigenvalue weighted by molar-refractivity contribution is -0.0579. The predicted octanol–water partition coefficient (Wildman–Crippen LogP) is 8.41. The minimum Gasteiger partial charge on any atom is -0.393 e. The van der Waals surface area contributed by atoms with Gasteiger partial charge >= 0.3 is 0 Å². The van der Waals surface area contributed by atoms with E-state index < -0.39 is 0 Å². The molecule has 1 N–H and O–H groups in total. The molecule has 0 heterocycles. The van der Waals surface area contributed by atoms with Gasteiger partial charge in [0.15, 0.2) is 0 Å². The molecule has 9 atom stereocenters.